The van der Waals surface area contributed by atoms with Crippen LogP contribution in [0.2, 0.25) is 5.02 Å². The summed E-state index contributed by atoms with van der Waals surface area (Å²) in [5, 5.41) is 3.02. The lowest BCUT2D eigenvalue weighted by molar-refractivity contribution is 0.259. The lowest BCUT2D eigenvalue weighted by atomic mass is 10.1. The Bertz CT molecular complexity index is 811. The average molecular weight is 353 g/mol. The van der Waals surface area contributed by atoms with E-state index in [0.717, 1.165) is 36.9 Å². The molecule has 0 spiro atoms. The van der Waals surface area contributed by atoms with E-state index in [1.54, 1.807) is 0 Å². The number of aromatic nitrogens is 1. The minimum atomic E-state index is 0.776. The van der Waals surface area contributed by atoms with E-state index in [1.165, 1.54) is 22.5 Å². The van der Waals surface area contributed by atoms with Crippen molar-refractivity contribution in [3.63, 3.8) is 0 Å². The highest BCUT2D eigenvalue weighted by atomic mass is 35.5. The molecule has 0 radical (unpaired) electrons. The number of allylic oxidation sites excluding steroid dienone is 1. The standard InChI is InChI=1S/C20H21ClN4/c1-15-19-14-25(12-16-5-7-17(21)8-6-16)23-20(19)9-11-24(15)13-18-4-2-3-10-22-18/h2-10,23H,11-14H2,1H3. The zero-order valence-corrected chi connectivity index (χ0v) is 15.0. The van der Waals surface area contributed by atoms with Crippen LogP contribution < -0.4 is 5.43 Å². The maximum atomic E-state index is 5.97. The van der Waals surface area contributed by atoms with Gasteiger partial charge in [0.2, 0.25) is 0 Å². The Balaban J connectivity index is 1.47. The minimum absolute atomic E-state index is 0.776. The van der Waals surface area contributed by atoms with E-state index in [-0.39, 0.29) is 0 Å². The molecule has 4 nitrogen and oxygen atoms in total. The van der Waals surface area contributed by atoms with Crippen LogP contribution >= 0.6 is 11.6 Å². The number of nitrogens with zero attached hydrogens (tertiary/aromatic N) is 3. The second-order valence-electron chi connectivity index (χ2n) is 6.48. The van der Waals surface area contributed by atoms with Gasteiger partial charge in [-0.05, 0) is 42.8 Å². The molecule has 1 N–H and O–H groups in total. The molecule has 4 rings (SSSR count). The van der Waals surface area contributed by atoms with Crippen LogP contribution in [0.5, 0.6) is 0 Å². The molecular formula is C20H21ClN4. The summed E-state index contributed by atoms with van der Waals surface area (Å²) in [5.41, 5.74) is 9.82. The van der Waals surface area contributed by atoms with Gasteiger partial charge in [-0.25, -0.2) is 5.01 Å². The van der Waals surface area contributed by atoms with Gasteiger partial charge in [0.05, 0.1) is 17.9 Å². The van der Waals surface area contributed by atoms with E-state index in [2.05, 4.69) is 51.5 Å². The van der Waals surface area contributed by atoms with Crippen LogP contribution in [0.15, 0.2) is 71.7 Å². The Morgan fingerprint density at radius 1 is 1.12 bits per heavy atom. The molecule has 1 aromatic carbocycles. The predicted octanol–water partition coefficient (Wildman–Crippen LogP) is 3.73. The SMILES string of the molecule is CC1=C2CN(Cc3ccc(Cl)cc3)NC2=CCN1Cc1ccccn1. The molecule has 1 saturated heterocycles. The normalized spacial score (nSPS) is 17.4. The molecule has 5 heteroatoms. The summed E-state index contributed by atoms with van der Waals surface area (Å²) in [7, 11) is 0. The second-order valence-corrected chi connectivity index (χ2v) is 6.91. The molecule has 2 aromatic rings. The fraction of sp³-hybridized carbons (Fsp3) is 0.250. The number of rotatable bonds is 4. The highest BCUT2D eigenvalue weighted by Gasteiger charge is 2.27. The van der Waals surface area contributed by atoms with Crippen molar-refractivity contribution in [1.29, 1.82) is 0 Å². The van der Waals surface area contributed by atoms with Gasteiger partial charge >= 0.3 is 0 Å². The Kier molecular flexibility index (Phi) is 4.47. The monoisotopic (exact) mass is 352 g/mol. The lowest BCUT2D eigenvalue weighted by Crippen LogP contribution is -2.29. The second kappa shape index (κ2) is 6.90. The van der Waals surface area contributed by atoms with Crippen LogP contribution in [-0.4, -0.2) is 28.0 Å². The highest BCUT2D eigenvalue weighted by molar-refractivity contribution is 6.30. The Morgan fingerprint density at radius 2 is 1.96 bits per heavy atom. The fourth-order valence-electron chi connectivity index (χ4n) is 3.34. The molecule has 1 fully saturated rings. The number of hydrogen-bond acceptors (Lipinski definition) is 4. The van der Waals surface area contributed by atoms with Gasteiger partial charge in [-0.15, -0.1) is 0 Å². The lowest BCUT2D eigenvalue weighted by Gasteiger charge is -2.28. The van der Waals surface area contributed by atoms with Gasteiger partial charge in [-0.2, -0.15) is 0 Å². The summed E-state index contributed by atoms with van der Waals surface area (Å²) in [6.07, 6.45) is 4.13. The van der Waals surface area contributed by atoms with Gasteiger partial charge in [0.25, 0.3) is 0 Å². The number of fused-ring (bicyclic) bond motifs is 1. The van der Waals surface area contributed by atoms with Crippen molar-refractivity contribution in [2.75, 3.05) is 13.1 Å². The number of benzene rings is 1. The van der Waals surface area contributed by atoms with Crippen LogP contribution in [0, 0.1) is 0 Å². The van der Waals surface area contributed by atoms with Gasteiger partial charge in [-0.1, -0.05) is 29.8 Å². The first-order chi connectivity index (χ1) is 12.2. The summed E-state index contributed by atoms with van der Waals surface area (Å²) in [6, 6.07) is 14.1. The Labute approximate surface area is 153 Å². The van der Waals surface area contributed by atoms with Gasteiger partial charge < -0.3 is 10.3 Å². The van der Waals surface area contributed by atoms with E-state index in [0.29, 0.717) is 0 Å². The van der Waals surface area contributed by atoms with Gasteiger partial charge in [-0.3, -0.25) is 4.98 Å². The van der Waals surface area contributed by atoms with E-state index >= 15 is 0 Å². The first-order valence-electron chi connectivity index (χ1n) is 8.50. The first-order valence-corrected chi connectivity index (χ1v) is 8.88. The quantitative estimate of drug-likeness (QED) is 0.908. The molecule has 0 saturated carbocycles. The summed E-state index contributed by atoms with van der Waals surface area (Å²) < 4.78 is 0. The van der Waals surface area contributed by atoms with E-state index in [4.69, 9.17) is 11.6 Å². The molecule has 0 bridgehead atoms. The maximum Gasteiger partial charge on any atom is 0.0602 e. The average Bonchev–Trinajstić information content (AvgIpc) is 3.04. The van der Waals surface area contributed by atoms with Crippen molar-refractivity contribution >= 4 is 11.6 Å². The molecular weight excluding hydrogens is 332 g/mol. The third kappa shape index (κ3) is 3.55. The van der Waals surface area contributed by atoms with E-state index in [9.17, 15) is 0 Å². The van der Waals surface area contributed by atoms with Crippen LogP contribution in [-0.2, 0) is 13.1 Å². The van der Waals surface area contributed by atoms with Crippen molar-refractivity contribution in [3.05, 3.63) is 88.0 Å². The van der Waals surface area contributed by atoms with E-state index in [1.807, 2.05) is 30.5 Å². The zero-order valence-electron chi connectivity index (χ0n) is 14.2. The minimum Gasteiger partial charge on any atom is -0.365 e. The van der Waals surface area contributed by atoms with Gasteiger partial charge in [0.15, 0.2) is 0 Å². The summed E-state index contributed by atoms with van der Waals surface area (Å²) in [6.45, 7) is 5.71. The van der Waals surface area contributed by atoms with Gasteiger partial charge in [0, 0.05) is 42.1 Å². The Morgan fingerprint density at radius 3 is 2.72 bits per heavy atom. The molecule has 2 aliphatic heterocycles. The van der Waals surface area contributed by atoms with Crippen molar-refractivity contribution in [1.82, 2.24) is 20.3 Å². The molecule has 25 heavy (non-hydrogen) atoms. The summed E-state index contributed by atoms with van der Waals surface area (Å²) in [4.78, 5) is 6.83. The van der Waals surface area contributed by atoms with Crippen LogP contribution in [0.3, 0.4) is 0 Å². The number of halogens is 1. The third-order valence-corrected chi connectivity index (χ3v) is 5.00. The summed E-state index contributed by atoms with van der Waals surface area (Å²) >= 11 is 5.97. The molecule has 0 amide bonds. The molecule has 0 atom stereocenters. The van der Waals surface area contributed by atoms with Crippen molar-refractivity contribution in [2.45, 2.75) is 20.0 Å². The third-order valence-electron chi connectivity index (χ3n) is 4.75. The van der Waals surface area contributed by atoms with Crippen molar-refractivity contribution in [2.24, 2.45) is 0 Å². The molecule has 0 aliphatic carbocycles. The largest absolute Gasteiger partial charge is 0.365 e. The predicted molar refractivity (Wildman–Crippen MR) is 100 cm³/mol. The molecule has 2 aliphatic rings. The van der Waals surface area contributed by atoms with Crippen molar-refractivity contribution < 1.29 is 0 Å². The Hall–Kier alpha value is -2.30. The van der Waals surface area contributed by atoms with Crippen LogP contribution in [0.1, 0.15) is 18.2 Å². The number of hydrazine groups is 1. The number of pyridine rings is 1. The van der Waals surface area contributed by atoms with E-state index < -0.39 is 0 Å². The topological polar surface area (TPSA) is 31.4 Å². The molecule has 128 valence electrons. The molecule has 1 aromatic heterocycles. The first kappa shape index (κ1) is 16.2. The molecule has 0 unspecified atom stereocenters. The fourth-order valence-corrected chi connectivity index (χ4v) is 3.46. The highest BCUT2D eigenvalue weighted by Crippen LogP contribution is 2.28. The zero-order chi connectivity index (χ0) is 17.2. The smallest absolute Gasteiger partial charge is 0.0602 e. The maximum absolute atomic E-state index is 5.97. The number of nitrogens with one attached hydrogen (secondary N) is 1. The van der Waals surface area contributed by atoms with Crippen LogP contribution in [0.25, 0.3) is 0 Å². The summed E-state index contributed by atoms with van der Waals surface area (Å²) in [5.74, 6) is 0. The van der Waals surface area contributed by atoms with Gasteiger partial charge in [0.1, 0.15) is 0 Å². The van der Waals surface area contributed by atoms with Crippen LogP contribution in [0.4, 0.5) is 0 Å². The van der Waals surface area contributed by atoms with Crippen molar-refractivity contribution in [3.8, 4) is 0 Å². The number of hydrogen-bond donors (Lipinski definition) is 1. The molecule has 3 heterocycles.